The van der Waals surface area contributed by atoms with Crippen LogP contribution in [-0.4, -0.2) is 35.1 Å². The highest BCUT2D eigenvalue weighted by molar-refractivity contribution is 5.69. The second kappa shape index (κ2) is 6.20. The van der Waals surface area contributed by atoms with E-state index in [0.717, 1.165) is 25.8 Å². The Hall–Kier alpha value is -1.35. The predicted octanol–water partition coefficient (Wildman–Crippen LogP) is 2.59. The van der Waals surface area contributed by atoms with Crippen molar-refractivity contribution in [3.05, 3.63) is 35.4 Å². The summed E-state index contributed by atoms with van der Waals surface area (Å²) in [7, 11) is 0. The number of carboxylic acids is 1. The fraction of sp³-hybridized carbons (Fsp3) is 0.562. The van der Waals surface area contributed by atoms with Gasteiger partial charge in [-0.25, -0.2) is 0 Å². The fourth-order valence-corrected chi connectivity index (χ4v) is 2.98. The lowest BCUT2D eigenvalue weighted by molar-refractivity contribution is -0.139. The van der Waals surface area contributed by atoms with Gasteiger partial charge in [0.05, 0.1) is 6.54 Å². The third-order valence-electron chi connectivity index (χ3n) is 3.78. The van der Waals surface area contributed by atoms with Crippen LogP contribution in [0.1, 0.15) is 31.4 Å². The van der Waals surface area contributed by atoms with E-state index in [1.54, 1.807) is 0 Å². The molecule has 1 aliphatic carbocycles. The number of aryl methyl sites for hydroxylation is 1. The van der Waals surface area contributed by atoms with E-state index < -0.39 is 5.97 Å². The van der Waals surface area contributed by atoms with Crippen molar-refractivity contribution in [2.75, 3.05) is 13.1 Å². The number of fused-ring (bicyclic) bond motifs is 1. The van der Waals surface area contributed by atoms with Crippen molar-refractivity contribution in [2.24, 2.45) is 5.92 Å². The van der Waals surface area contributed by atoms with E-state index in [9.17, 15) is 4.79 Å². The summed E-state index contributed by atoms with van der Waals surface area (Å²) in [6, 6.07) is 8.90. The third kappa shape index (κ3) is 3.80. The molecule has 1 atom stereocenters. The van der Waals surface area contributed by atoms with Crippen molar-refractivity contribution in [1.29, 1.82) is 0 Å². The molecule has 0 aliphatic heterocycles. The fourth-order valence-electron chi connectivity index (χ4n) is 2.98. The summed E-state index contributed by atoms with van der Waals surface area (Å²) in [6.07, 6.45) is 3.11. The third-order valence-corrected chi connectivity index (χ3v) is 3.78. The number of benzene rings is 1. The Balaban J connectivity index is 2.09. The summed E-state index contributed by atoms with van der Waals surface area (Å²) in [4.78, 5) is 13.2. The standard InChI is InChI=1S/C16H23NO2/c1-12(2)10-17(11-16(18)19)15-8-7-13-5-3-4-6-14(13)9-15/h3-6,12,15H,7-11H2,1-2H3,(H,18,19). The molecule has 1 N–H and O–H groups in total. The Morgan fingerprint density at radius 3 is 2.68 bits per heavy atom. The molecule has 1 aliphatic rings. The van der Waals surface area contributed by atoms with Crippen molar-refractivity contribution >= 4 is 5.97 Å². The van der Waals surface area contributed by atoms with Crippen LogP contribution < -0.4 is 0 Å². The monoisotopic (exact) mass is 261 g/mol. The Labute approximate surface area is 115 Å². The van der Waals surface area contributed by atoms with Crippen LogP contribution in [0.5, 0.6) is 0 Å². The van der Waals surface area contributed by atoms with Crippen LogP contribution in [0, 0.1) is 5.92 Å². The first-order valence-electron chi connectivity index (χ1n) is 7.09. The second-order valence-corrected chi connectivity index (χ2v) is 5.88. The maximum atomic E-state index is 11.0. The molecule has 1 aromatic rings. The van der Waals surface area contributed by atoms with Gasteiger partial charge in [0.25, 0.3) is 0 Å². The number of hydrogen-bond donors (Lipinski definition) is 1. The average Bonchev–Trinajstić information content (AvgIpc) is 2.36. The lowest BCUT2D eigenvalue weighted by Crippen LogP contribution is -2.44. The van der Waals surface area contributed by atoms with E-state index in [1.807, 2.05) is 0 Å². The maximum Gasteiger partial charge on any atom is 0.317 e. The number of hydrogen-bond acceptors (Lipinski definition) is 2. The van der Waals surface area contributed by atoms with E-state index in [1.165, 1.54) is 11.1 Å². The molecule has 1 unspecified atom stereocenters. The molecule has 1 aromatic carbocycles. The molecule has 3 heteroatoms. The van der Waals surface area contributed by atoms with Gasteiger partial charge in [-0.3, -0.25) is 9.69 Å². The predicted molar refractivity (Wildman–Crippen MR) is 76.3 cm³/mol. The average molecular weight is 261 g/mol. The van der Waals surface area contributed by atoms with Gasteiger partial charge in [0.15, 0.2) is 0 Å². The zero-order valence-electron chi connectivity index (χ0n) is 11.8. The van der Waals surface area contributed by atoms with Crippen LogP contribution in [0.15, 0.2) is 24.3 Å². The number of nitrogens with zero attached hydrogens (tertiary/aromatic N) is 1. The van der Waals surface area contributed by atoms with Gasteiger partial charge in [0.1, 0.15) is 0 Å². The van der Waals surface area contributed by atoms with Gasteiger partial charge in [0.2, 0.25) is 0 Å². The second-order valence-electron chi connectivity index (χ2n) is 5.88. The van der Waals surface area contributed by atoms with Gasteiger partial charge in [-0.1, -0.05) is 38.1 Å². The molecule has 0 amide bonds. The van der Waals surface area contributed by atoms with E-state index >= 15 is 0 Å². The van der Waals surface area contributed by atoms with Gasteiger partial charge in [-0.2, -0.15) is 0 Å². The normalized spacial score (nSPS) is 18.6. The van der Waals surface area contributed by atoms with Crippen LogP contribution in [-0.2, 0) is 17.6 Å². The molecular weight excluding hydrogens is 238 g/mol. The van der Waals surface area contributed by atoms with Gasteiger partial charge >= 0.3 is 5.97 Å². The summed E-state index contributed by atoms with van der Waals surface area (Å²) < 4.78 is 0. The van der Waals surface area contributed by atoms with Crippen LogP contribution in [0.3, 0.4) is 0 Å². The van der Waals surface area contributed by atoms with Crippen LogP contribution in [0.25, 0.3) is 0 Å². The minimum absolute atomic E-state index is 0.158. The largest absolute Gasteiger partial charge is 0.480 e. The van der Waals surface area contributed by atoms with Crippen molar-refractivity contribution in [3.63, 3.8) is 0 Å². The van der Waals surface area contributed by atoms with Crippen molar-refractivity contribution in [3.8, 4) is 0 Å². The molecule has 0 saturated carbocycles. The molecule has 0 fully saturated rings. The van der Waals surface area contributed by atoms with Gasteiger partial charge in [0, 0.05) is 12.6 Å². The van der Waals surface area contributed by atoms with Crippen LogP contribution >= 0.6 is 0 Å². The smallest absolute Gasteiger partial charge is 0.317 e. The first-order chi connectivity index (χ1) is 9.06. The molecule has 2 rings (SSSR count). The van der Waals surface area contributed by atoms with Gasteiger partial charge in [-0.05, 0) is 36.3 Å². The Bertz CT molecular complexity index is 442. The Morgan fingerprint density at radius 2 is 2.05 bits per heavy atom. The number of carboxylic acid groups (broad SMARTS) is 1. The molecule has 0 radical (unpaired) electrons. The molecule has 19 heavy (non-hydrogen) atoms. The van der Waals surface area contributed by atoms with Crippen molar-refractivity contribution in [2.45, 2.75) is 39.2 Å². The first kappa shape index (κ1) is 14.1. The molecule has 0 aromatic heterocycles. The summed E-state index contributed by atoms with van der Waals surface area (Å²) in [6.45, 7) is 5.31. The van der Waals surface area contributed by atoms with E-state index in [4.69, 9.17) is 5.11 Å². The topological polar surface area (TPSA) is 40.5 Å². The van der Waals surface area contributed by atoms with E-state index in [2.05, 4.69) is 43.0 Å². The van der Waals surface area contributed by atoms with Crippen molar-refractivity contribution in [1.82, 2.24) is 4.90 Å². The van der Waals surface area contributed by atoms with Crippen molar-refractivity contribution < 1.29 is 9.90 Å². The summed E-state index contributed by atoms with van der Waals surface area (Å²) in [5.41, 5.74) is 2.82. The Morgan fingerprint density at radius 1 is 1.37 bits per heavy atom. The molecule has 3 nitrogen and oxygen atoms in total. The maximum absolute atomic E-state index is 11.0. The quantitative estimate of drug-likeness (QED) is 0.885. The lowest BCUT2D eigenvalue weighted by atomic mass is 9.87. The van der Waals surface area contributed by atoms with Gasteiger partial charge in [-0.15, -0.1) is 0 Å². The van der Waals surface area contributed by atoms with Crippen LogP contribution in [0.4, 0.5) is 0 Å². The number of carbonyl (C=O) groups is 1. The van der Waals surface area contributed by atoms with E-state index in [-0.39, 0.29) is 6.54 Å². The molecule has 0 saturated heterocycles. The Kier molecular flexibility index (Phi) is 4.59. The van der Waals surface area contributed by atoms with E-state index in [0.29, 0.717) is 12.0 Å². The molecule has 0 spiro atoms. The highest BCUT2D eigenvalue weighted by atomic mass is 16.4. The molecular formula is C16H23NO2. The molecule has 0 bridgehead atoms. The zero-order chi connectivity index (χ0) is 13.8. The first-order valence-corrected chi connectivity index (χ1v) is 7.09. The van der Waals surface area contributed by atoms with Crippen LogP contribution in [0.2, 0.25) is 0 Å². The lowest BCUT2D eigenvalue weighted by Gasteiger charge is -2.35. The minimum Gasteiger partial charge on any atom is -0.480 e. The summed E-state index contributed by atoms with van der Waals surface area (Å²) >= 11 is 0. The summed E-state index contributed by atoms with van der Waals surface area (Å²) in [5.74, 6) is -0.226. The summed E-state index contributed by atoms with van der Waals surface area (Å²) in [5, 5.41) is 9.08. The SMILES string of the molecule is CC(C)CN(CC(=O)O)C1CCc2ccccc2C1. The highest BCUT2D eigenvalue weighted by Crippen LogP contribution is 2.24. The number of rotatable bonds is 5. The van der Waals surface area contributed by atoms with Gasteiger partial charge < -0.3 is 5.11 Å². The highest BCUT2D eigenvalue weighted by Gasteiger charge is 2.25. The number of aliphatic carboxylic acids is 1. The zero-order valence-corrected chi connectivity index (χ0v) is 11.8. The molecule has 104 valence electrons. The minimum atomic E-state index is -0.723. The molecule has 0 heterocycles.